The number of hydrogen-bond acceptors (Lipinski definition) is 6. The van der Waals surface area contributed by atoms with Crippen LogP contribution < -0.4 is 5.32 Å². The molecular formula is C19H15N3O4S. The fourth-order valence-corrected chi connectivity index (χ4v) is 2.82. The average Bonchev–Trinajstić information content (AvgIpc) is 3.13. The minimum Gasteiger partial charge on any atom is -0.444 e. The molecule has 0 spiro atoms. The summed E-state index contributed by atoms with van der Waals surface area (Å²) < 4.78 is 5.14. The van der Waals surface area contributed by atoms with E-state index in [2.05, 4.69) is 10.3 Å². The molecule has 7 nitrogen and oxygen atoms in total. The van der Waals surface area contributed by atoms with E-state index in [1.54, 1.807) is 29.7 Å². The largest absolute Gasteiger partial charge is 0.444 e. The molecule has 0 atom stereocenters. The fraction of sp³-hybridized carbons (Fsp3) is 0.0526. The standard InChI is InChI=1S/C19H15N3O4S/c23-19(26-12-15-4-2-1-3-5-15)21-18-20-16(13-27-18)9-6-14-7-10-17(11-8-14)22(24)25/h1-11,13H,12H2,(H,20,21,23)/b9-6+. The molecule has 2 aromatic carbocycles. The number of aromatic nitrogens is 1. The van der Waals surface area contributed by atoms with Crippen LogP contribution in [0.4, 0.5) is 15.6 Å². The molecule has 0 aliphatic heterocycles. The van der Waals surface area contributed by atoms with E-state index in [-0.39, 0.29) is 12.3 Å². The number of ether oxygens (including phenoxy) is 1. The molecule has 0 radical (unpaired) electrons. The Morgan fingerprint density at radius 3 is 2.59 bits per heavy atom. The van der Waals surface area contributed by atoms with Crippen LogP contribution in [0, 0.1) is 10.1 Å². The predicted octanol–water partition coefficient (Wildman–Crippen LogP) is 4.97. The van der Waals surface area contributed by atoms with Gasteiger partial charge in [0.05, 0.1) is 10.6 Å². The lowest BCUT2D eigenvalue weighted by Gasteiger charge is -2.04. The Balaban J connectivity index is 1.53. The normalized spacial score (nSPS) is 10.7. The van der Waals surface area contributed by atoms with Gasteiger partial charge in [0.2, 0.25) is 0 Å². The van der Waals surface area contributed by atoms with Gasteiger partial charge in [0.15, 0.2) is 5.13 Å². The van der Waals surface area contributed by atoms with Crippen molar-refractivity contribution >= 4 is 40.4 Å². The van der Waals surface area contributed by atoms with Crippen molar-refractivity contribution in [1.29, 1.82) is 0 Å². The maximum absolute atomic E-state index is 11.8. The molecule has 0 bridgehead atoms. The topological polar surface area (TPSA) is 94.4 Å². The molecule has 8 heteroatoms. The number of nitrogens with zero attached hydrogens (tertiary/aromatic N) is 2. The molecule has 1 N–H and O–H groups in total. The summed E-state index contributed by atoms with van der Waals surface area (Å²) in [6.07, 6.45) is 2.98. The zero-order valence-corrected chi connectivity index (χ0v) is 14.9. The lowest BCUT2D eigenvalue weighted by Crippen LogP contribution is -2.13. The van der Waals surface area contributed by atoms with Crippen LogP contribution in [-0.2, 0) is 11.3 Å². The van der Waals surface area contributed by atoms with Crippen molar-refractivity contribution in [3.05, 3.63) is 86.9 Å². The van der Waals surface area contributed by atoms with Gasteiger partial charge >= 0.3 is 6.09 Å². The fourth-order valence-electron chi connectivity index (χ4n) is 2.16. The van der Waals surface area contributed by atoms with Crippen LogP contribution >= 0.6 is 11.3 Å². The lowest BCUT2D eigenvalue weighted by molar-refractivity contribution is -0.384. The van der Waals surface area contributed by atoms with Crippen LogP contribution in [0.15, 0.2) is 60.0 Å². The maximum Gasteiger partial charge on any atom is 0.413 e. The van der Waals surface area contributed by atoms with Crippen molar-refractivity contribution in [2.75, 3.05) is 5.32 Å². The highest BCUT2D eigenvalue weighted by atomic mass is 32.1. The van der Waals surface area contributed by atoms with Crippen LogP contribution in [0.3, 0.4) is 0 Å². The summed E-state index contributed by atoms with van der Waals surface area (Å²) in [5, 5.41) is 15.4. The van der Waals surface area contributed by atoms with E-state index in [1.807, 2.05) is 30.3 Å². The second kappa shape index (κ2) is 8.72. The van der Waals surface area contributed by atoms with Crippen LogP contribution in [-0.4, -0.2) is 16.0 Å². The molecule has 1 amide bonds. The molecule has 0 aliphatic carbocycles. The zero-order valence-electron chi connectivity index (χ0n) is 14.1. The van der Waals surface area contributed by atoms with Gasteiger partial charge in [-0.3, -0.25) is 15.4 Å². The van der Waals surface area contributed by atoms with Gasteiger partial charge < -0.3 is 4.74 Å². The molecule has 136 valence electrons. The molecule has 27 heavy (non-hydrogen) atoms. The Kier molecular flexibility index (Phi) is 5.91. The van der Waals surface area contributed by atoms with E-state index in [9.17, 15) is 14.9 Å². The predicted molar refractivity (Wildman–Crippen MR) is 104 cm³/mol. The minimum atomic E-state index is -0.570. The number of nitro groups is 1. The Labute approximate surface area is 159 Å². The van der Waals surface area contributed by atoms with Crippen molar-refractivity contribution in [1.82, 2.24) is 4.98 Å². The van der Waals surface area contributed by atoms with Crippen molar-refractivity contribution in [2.24, 2.45) is 0 Å². The molecule has 3 aromatic rings. The van der Waals surface area contributed by atoms with Crippen molar-refractivity contribution in [3.63, 3.8) is 0 Å². The monoisotopic (exact) mass is 381 g/mol. The number of nitrogens with one attached hydrogen (secondary N) is 1. The molecule has 0 unspecified atom stereocenters. The molecule has 0 saturated heterocycles. The smallest absolute Gasteiger partial charge is 0.413 e. The highest BCUT2D eigenvalue weighted by Gasteiger charge is 2.07. The Morgan fingerprint density at radius 2 is 1.89 bits per heavy atom. The molecule has 3 rings (SSSR count). The number of thiazole rings is 1. The summed E-state index contributed by atoms with van der Waals surface area (Å²) >= 11 is 1.28. The summed E-state index contributed by atoms with van der Waals surface area (Å²) in [4.78, 5) is 26.3. The molecule has 0 saturated carbocycles. The number of non-ortho nitro benzene ring substituents is 1. The number of carbonyl (C=O) groups is 1. The third kappa shape index (κ3) is 5.48. The van der Waals surface area contributed by atoms with Crippen LogP contribution in [0.2, 0.25) is 0 Å². The van der Waals surface area contributed by atoms with Gasteiger partial charge in [0.1, 0.15) is 6.61 Å². The highest BCUT2D eigenvalue weighted by molar-refractivity contribution is 7.14. The van der Waals surface area contributed by atoms with Crippen molar-refractivity contribution in [3.8, 4) is 0 Å². The van der Waals surface area contributed by atoms with Crippen LogP contribution in [0.5, 0.6) is 0 Å². The van der Waals surface area contributed by atoms with Gasteiger partial charge in [-0.05, 0) is 29.3 Å². The Morgan fingerprint density at radius 1 is 1.15 bits per heavy atom. The number of rotatable bonds is 6. The zero-order chi connectivity index (χ0) is 19.1. The number of nitro benzene ring substituents is 1. The second-order valence-electron chi connectivity index (χ2n) is 5.45. The molecule has 0 aliphatic rings. The van der Waals surface area contributed by atoms with E-state index >= 15 is 0 Å². The van der Waals surface area contributed by atoms with Crippen molar-refractivity contribution in [2.45, 2.75) is 6.61 Å². The van der Waals surface area contributed by atoms with Crippen LogP contribution in [0.25, 0.3) is 12.2 Å². The van der Waals surface area contributed by atoms with Gasteiger partial charge in [0, 0.05) is 17.5 Å². The van der Waals surface area contributed by atoms with Gasteiger partial charge in [0.25, 0.3) is 5.69 Å². The third-order valence-corrected chi connectivity index (χ3v) is 4.27. The maximum atomic E-state index is 11.8. The first-order valence-corrected chi connectivity index (χ1v) is 8.84. The van der Waals surface area contributed by atoms with E-state index in [0.29, 0.717) is 10.8 Å². The van der Waals surface area contributed by atoms with E-state index < -0.39 is 11.0 Å². The van der Waals surface area contributed by atoms with Gasteiger partial charge in [-0.15, -0.1) is 11.3 Å². The quantitative estimate of drug-likeness (QED) is 0.480. The number of hydrogen-bond donors (Lipinski definition) is 1. The number of carbonyl (C=O) groups excluding carboxylic acids is 1. The Hall–Kier alpha value is -3.52. The first kappa shape index (κ1) is 18.3. The van der Waals surface area contributed by atoms with Gasteiger partial charge in [-0.25, -0.2) is 9.78 Å². The average molecular weight is 381 g/mol. The van der Waals surface area contributed by atoms with Crippen LogP contribution in [0.1, 0.15) is 16.8 Å². The number of amides is 1. The molecular weight excluding hydrogens is 366 g/mol. The van der Waals surface area contributed by atoms with E-state index in [0.717, 1.165) is 11.1 Å². The van der Waals surface area contributed by atoms with Gasteiger partial charge in [-0.1, -0.05) is 36.4 Å². The molecule has 1 heterocycles. The van der Waals surface area contributed by atoms with E-state index in [1.165, 1.54) is 23.5 Å². The third-order valence-electron chi connectivity index (χ3n) is 3.49. The summed E-state index contributed by atoms with van der Waals surface area (Å²) in [5.41, 5.74) is 2.42. The lowest BCUT2D eigenvalue weighted by atomic mass is 10.2. The molecule has 0 fully saturated rings. The summed E-state index contributed by atoms with van der Waals surface area (Å²) in [7, 11) is 0. The SMILES string of the molecule is O=C(Nc1nc(/C=C/c2ccc([N+](=O)[O-])cc2)cs1)OCc1ccccc1. The number of anilines is 1. The van der Waals surface area contributed by atoms with E-state index in [4.69, 9.17) is 4.74 Å². The van der Waals surface area contributed by atoms with Crippen molar-refractivity contribution < 1.29 is 14.5 Å². The highest BCUT2D eigenvalue weighted by Crippen LogP contribution is 2.19. The summed E-state index contributed by atoms with van der Waals surface area (Å²) in [6.45, 7) is 0.185. The first-order valence-electron chi connectivity index (χ1n) is 7.96. The number of benzene rings is 2. The molecule has 1 aromatic heterocycles. The summed E-state index contributed by atoms with van der Waals surface area (Å²) in [6, 6.07) is 15.6. The Bertz CT molecular complexity index is 953. The second-order valence-corrected chi connectivity index (χ2v) is 6.30. The van der Waals surface area contributed by atoms with Gasteiger partial charge in [-0.2, -0.15) is 0 Å². The minimum absolute atomic E-state index is 0.0429. The first-order chi connectivity index (χ1) is 13.1. The summed E-state index contributed by atoms with van der Waals surface area (Å²) in [5.74, 6) is 0.